The number of nitrogens with zero attached hydrogens (tertiary/aromatic N) is 2. The maximum atomic E-state index is 13.5. The largest absolute Gasteiger partial charge is 0.497 e. The molecule has 4 heterocycles. The molecular formula is C32H41N3O3. The fourth-order valence-electron chi connectivity index (χ4n) is 9.38. The highest BCUT2D eigenvalue weighted by molar-refractivity contribution is 5.84. The van der Waals surface area contributed by atoms with E-state index in [1.54, 1.807) is 7.11 Å². The minimum absolute atomic E-state index is 0.00596. The van der Waals surface area contributed by atoms with Crippen LogP contribution in [0.1, 0.15) is 63.0 Å². The van der Waals surface area contributed by atoms with Crippen LogP contribution in [0.3, 0.4) is 0 Å². The van der Waals surface area contributed by atoms with Crippen molar-refractivity contribution in [2.45, 2.75) is 69.1 Å². The number of amides is 1. The summed E-state index contributed by atoms with van der Waals surface area (Å²) in [5, 5.41) is 4.56. The molecule has 6 bridgehead atoms. The minimum Gasteiger partial charge on any atom is -0.497 e. The predicted octanol–water partition coefficient (Wildman–Crippen LogP) is 5.28. The van der Waals surface area contributed by atoms with E-state index in [-0.39, 0.29) is 30.2 Å². The third kappa shape index (κ3) is 4.34. The van der Waals surface area contributed by atoms with Crippen LogP contribution in [0.15, 0.2) is 43.1 Å². The van der Waals surface area contributed by atoms with E-state index in [2.05, 4.69) is 40.0 Å². The molecule has 2 aromatic rings. The van der Waals surface area contributed by atoms with Gasteiger partial charge in [-0.05, 0) is 117 Å². The van der Waals surface area contributed by atoms with Gasteiger partial charge >= 0.3 is 0 Å². The van der Waals surface area contributed by atoms with Gasteiger partial charge in [-0.1, -0.05) is 6.08 Å². The van der Waals surface area contributed by atoms with Gasteiger partial charge in [0.05, 0.1) is 18.7 Å². The predicted molar refractivity (Wildman–Crippen MR) is 148 cm³/mol. The van der Waals surface area contributed by atoms with Gasteiger partial charge in [0.2, 0.25) is 5.91 Å². The second-order valence-electron chi connectivity index (χ2n) is 13.0. The average molecular weight is 516 g/mol. The van der Waals surface area contributed by atoms with Gasteiger partial charge in [0.1, 0.15) is 12.4 Å². The molecule has 1 amide bonds. The monoisotopic (exact) mass is 515 g/mol. The van der Waals surface area contributed by atoms with Crippen LogP contribution in [-0.2, 0) is 9.53 Å². The highest BCUT2D eigenvalue weighted by Gasteiger charge is 2.51. The Morgan fingerprint density at radius 3 is 2.61 bits per heavy atom. The van der Waals surface area contributed by atoms with Crippen molar-refractivity contribution >= 4 is 16.8 Å². The number of fused-ring (bicyclic) bond motifs is 4. The van der Waals surface area contributed by atoms with Gasteiger partial charge in [0, 0.05) is 29.7 Å². The summed E-state index contributed by atoms with van der Waals surface area (Å²) in [7, 11) is 1.70. The zero-order valence-electron chi connectivity index (χ0n) is 22.6. The summed E-state index contributed by atoms with van der Waals surface area (Å²) in [6.45, 7) is 6.30. The van der Waals surface area contributed by atoms with Gasteiger partial charge < -0.3 is 14.8 Å². The molecule has 38 heavy (non-hydrogen) atoms. The normalized spacial score (nSPS) is 37.8. The molecule has 1 aromatic carbocycles. The van der Waals surface area contributed by atoms with Crippen LogP contribution in [0.4, 0.5) is 0 Å². The van der Waals surface area contributed by atoms with Crippen molar-refractivity contribution in [3.05, 3.63) is 48.7 Å². The van der Waals surface area contributed by atoms with E-state index in [4.69, 9.17) is 9.47 Å². The third-order valence-electron chi connectivity index (χ3n) is 10.6. The van der Waals surface area contributed by atoms with Gasteiger partial charge in [0.25, 0.3) is 0 Å². The topological polar surface area (TPSA) is 63.7 Å². The summed E-state index contributed by atoms with van der Waals surface area (Å²) in [5.74, 6) is 4.42. The number of piperidine rings is 3. The summed E-state index contributed by atoms with van der Waals surface area (Å²) >= 11 is 0. The Morgan fingerprint density at radius 1 is 1.18 bits per heavy atom. The number of ether oxygens (including phenoxy) is 2. The van der Waals surface area contributed by atoms with Crippen LogP contribution in [0.25, 0.3) is 10.9 Å². The Hall–Kier alpha value is -2.44. The van der Waals surface area contributed by atoms with Crippen molar-refractivity contribution in [3.8, 4) is 5.75 Å². The lowest BCUT2D eigenvalue weighted by Crippen LogP contribution is -2.60. The molecule has 5 atom stereocenters. The molecule has 1 N–H and O–H groups in total. The van der Waals surface area contributed by atoms with Crippen molar-refractivity contribution in [1.82, 2.24) is 15.2 Å². The quantitative estimate of drug-likeness (QED) is 0.485. The molecule has 4 saturated carbocycles. The Balaban J connectivity index is 1.15. The summed E-state index contributed by atoms with van der Waals surface area (Å²) in [5.41, 5.74) is 2.03. The zero-order chi connectivity index (χ0) is 25.9. The first kappa shape index (κ1) is 24.6. The SMILES string of the molecule is C=C[C@@H]1CN2CCC1C[C@@H]2[C@@H](OCC(=O)NC12CC3CC(CC(C3)C1)C2)c1ccnc2ccc(OC)cc12. The van der Waals surface area contributed by atoms with Gasteiger partial charge in [-0.15, -0.1) is 6.58 Å². The van der Waals surface area contributed by atoms with Crippen molar-refractivity contribution in [2.75, 3.05) is 26.8 Å². The van der Waals surface area contributed by atoms with E-state index in [0.29, 0.717) is 11.8 Å². The van der Waals surface area contributed by atoms with E-state index in [0.717, 1.165) is 78.7 Å². The van der Waals surface area contributed by atoms with E-state index in [1.165, 1.54) is 25.7 Å². The second kappa shape index (κ2) is 9.63. The van der Waals surface area contributed by atoms with Crippen LogP contribution in [-0.4, -0.2) is 54.2 Å². The molecule has 0 spiro atoms. The lowest BCUT2D eigenvalue weighted by Gasteiger charge is -2.57. The van der Waals surface area contributed by atoms with Gasteiger partial charge in [-0.25, -0.2) is 0 Å². The fraction of sp³-hybridized carbons (Fsp3) is 0.625. The molecule has 1 aromatic heterocycles. The molecule has 2 unspecified atom stereocenters. The van der Waals surface area contributed by atoms with Crippen LogP contribution >= 0.6 is 0 Å². The zero-order valence-corrected chi connectivity index (χ0v) is 22.6. The summed E-state index contributed by atoms with van der Waals surface area (Å²) in [6.07, 6.45) is 13.7. The maximum absolute atomic E-state index is 13.5. The molecule has 0 radical (unpaired) electrons. The Kier molecular flexibility index (Phi) is 6.23. The summed E-state index contributed by atoms with van der Waals surface area (Å²) in [4.78, 5) is 20.7. The molecule has 9 rings (SSSR count). The fourth-order valence-corrected chi connectivity index (χ4v) is 9.38. The number of carbonyl (C=O) groups excluding carboxylic acids is 1. The third-order valence-corrected chi connectivity index (χ3v) is 10.6. The number of hydrogen-bond acceptors (Lipinski definition) is 5. The Morgan fingerprint density at radius 2 is 1.95 bits per heavy atom. The van der Waals surface area contributed by atoms with Crippen molar-refractivity contribution < 1.29 is 14.3 Å². The number of nitrogens with one attached hydrogen (secondary N) is 1. The molecule has 3 saturated heterocycles. The molecule has 3 aliphatic heterocycles. The second-order valence-corrected chi connectivity index (χ2v) is 13.0. The molecule has 7 aliphatic rings. The first-order valence-corrected chi connectivity index (χ1v) is 14.7. The van der Waals surface area contributed by atoms with E-state index < -0.39 is 0 Å². The van der Waals surface area contributed by atoms with Crippen LogP contribution < -0.4 is 10.1 Å². The van der Waals surface area contributed by atoms with Gasteiger partial charge in [0.15, 0.2) is 0 Å². The van der Waals surface area contributed by atoms with Crippen LogP contribution in [0.2, 0.25) is 0 Å². The molecule has 6 heteroatoms. The highest BCUT2D eigenvalue weighted by Crippen LogP contribution is 2.55. The minimum atomic E-state index is -0.205. The van der Waals surface area contributed by atoms with E-state index in [1.807, 2.05) is 18.3 Å². The standard InChI is InChI=1S/C32H41N3O3/c1-3-23-18-35-9-7-24(23)13-29(35)31(26-6-8-33-28-5-4-25(37-2)14-27(26)28)38-19-30(36)34-32-15-20-10-21(16-32)12-22(11-20)17-32/h3-6,8,14,20-24,29,31H,1,7,9-13,15-19H2,2H3,(H,34,36)/t20?,21?,22?,23-,24?,29-,31+,32?/m1/s1. The Bertz CT molecular complexity index is 1190. The lowest BCUT2D eigenvalue weighted by atomic mass is 9.53. The molecular weight excluding hydrogens is 474 g/mol. The number of rotatable bonds is 8. The maximum Gasteiger partial charge on any atom is 0.246 e. The first-order valence-electron chi connectivity index (χ1n) is 14.7. The van der Waals surface area contributed by atoms with Crippen molar-refractivity contribution in [1.29, 1.82) is 0 Å². The van der Waals surface area contributed by atoms with Crippen molar-refractivity contribution in [2.24, 2.45) is 29.6 Å². The number of hydrogen-bond donors (Lipinski definition) is 1. The van der Waals surface area contributed by atoms with Crippen LogP contribution in [0, 0.1) is 29.6 Å². The van der Waals surface area contributed by atoms with Gasteiger partial charge in [-0.3, -0.25) is 14.7 Å². The smallest absolute Gasteiger partial charge is 0.246 e. The summed E-state index contributed by atoms with van der Waals surface area (Å²) < 4.78 is 12.3. The van der Waals surface area contributed by atoms with E-state index >= 15 is 0 Å². The molecule has 6 nitrogen and oxygen atoms in total. The van der Waals surface area contributed by atoms with E-state index in [9.17, 15) is 4.79 Å². The number of pyridine rings is 1. The first-order chi connectivity index (χ1) is 18.5. The highest BCUT2D eigenvalue weighted by atomic mass is 16.5. The lowest BCUT2D eigenvalue weighted by molar-refractivity contribution is -0.137. The Labute approximate surface area is 226 Å². The number of carbonyl (C=O) groups is 1. The average Bonchev–Trinajstić information content (AvgIpc) is 2.92. The van der Waals surface area contributed by atoms with Gasteiger partial charge in [-0.2, -0.15) is 0 Å². The molecule has 7 fully saturated rings. The van der Waals surface area contributed by atoms with Crippen molar-refractivity contribution in [3.63, 3.8) is 0 Å². The number of methoxy groups -OCH3 is 1. The molecule has 202 valence electrons. The number of benzene rings is 1. The number of aromatic nitrogens is 1. The summed E-state index contributed by atoms with van der Waals surface area (Å²) in [6, 6.07) is 8.34. The molecule has 4 aliphatic carbocycles. The van der Waals surface area contributed by atoms with Crippen LogP contribution in [0.5, 0.6) is 5.75 Å².